The van der Waals surface area contributed by atoms with Gasteiger partial charge in [0.15, 0.2) is 0 Å². The van der Waals surface area contributed by atoms with Crippen molar-refractivity contribution in [1.29, 1.82) is 0 Å². The van der Waals surface area contributed by atoms with Crippen LogP contribution in [0.1, 0.15) is 6.42 Å². The molecule has 5 heteroatoms. The minimum atomic E-state index is -0.160. The first-order valence-electron chi connectivity index (χ1n) is 4.72. The molecule has 0 saturated carbocycles. The van der Waals surface area contributed by atoms with Crippen molar-refractivity contribution in [1.82, 2.24) is 9.78 Å². The van der Waals surface area contributed by atoms with Gasteiger partial charge in [-0.25, -0.2) is 4.68 Å². The first kappa shape index (κ1) is 11.3. The number of anilines is 1. The summed E-state index contributed by atoms with van der Waals surface area (Å²) in [5.41, 5.74) is 5.84. The largest absolute Gasteiger partial charge is 0.382 e. The van der Waals surface area contributed by atoms with Crippen molar-refractivity contribution in [2.75, 3.05) is 18.4 Å². The molecule has 0 saturated heterocycles. The molecule has 1 aromatic heterocycles. The van der Waals surface area contributed by atoms with Gasteiger partial charge in [0.2, 0.25) is 0 Å². The maximum atomic E-state index is 11.5. The Morgan fingerprint density at radius 1 is 1.67 bits per heavy atom. The van der Waals surface area contributed by atoms with Crippen molar-refractivity contribution in [3.05, 3.63) is 22.6 Å². The van der Waals surface area contributed by atoms with Crippen molar-refractivity contribution >= 4 is 5.69 Å². The number of aryl methyl sites for hydroxylation is 1. The number of nitrogens with zero attached hydrogens (tertiary/aromatic N) is 2. The Hall–Kier alpha value is -1.80. The smallest absolute Gasteiger partial charge is 0.268 e. The molecule has 3 N–H and O–H groups in total. The van der Waals surface area contributed by atoms with Gasteiger partial charge in [0, 0.05) is 25.6 Å². The summed E-state index contributed by atoms with van der Waals surface area (Å²) < 4.78 is 1.34. The van der Waals surface area contributed by atoms with E-state index in [1.54, 1.807) is 6.20 Å². The summed E-state index contributed by atoms with van der Waals surface area (Å²) in [6.45, 7) is 1.59. The Labute approximate surface area is 88.3 Å². The summed E-state index contributed by atoms with van der Waals surface area (Å²) >= 11 is 0. The quantitative estimate of drug-likeness (QED) is 0.645. The number of hydrogen-bond donors (Lipinski definition) is 2. The Morgan fingerprint density at radius 2 is 2.47 bits per heavy atom. The Bertz CT molecular complexity index is 405. The maximum absolute atomic E-state index is 11.5. The van der Waals surface area contributed by atoms with Crippen LogP contribution < -0.4 is 16.6 Å². The van der Waals surface area contributed by atoms with Gasteiger partial charge in [-0.3, -0.25) is 4.79 Å². The van der Waals surface area contributed by atoms with Crippen LogP contribution in [0.25, 0.3) is 0 Å². The molecule has 0 atom stereocenters. The van der Waals surface area contributed by atoms with E-state index in [1.165, 1.54) is 10.7 Å². The van der Waals surface area contributed by atoms with Gasteiger partial charge in [-0.1, -0.05) is 0 Å². The maximum Gasteiger partial charge on any atom is 0.268 e. The van der Waals surface area contributed by atoms with Crippen LogP contribution in [0.4, 0.5) is 5.69 Å². The molecule has 0 aliphatic carbocycles. The number of rotatable bonds is 5. The molecule has 0 radical (unpaired) electrons. The summed E-state index contributed by atoms with van der Waals surface area (Å²) in [4.78, 5) is 11.5. The number of nitrogens with one attached hydrogen (secondary N) is 1. The van der Waals surface area contributed by atoms with Crippen LogP contribution >= 0.6 is 0 Å². The van der Waals surface area contributed by atoms with E-state index in [0.717, 1.165) is 0 Å². The third kappa shape index (κ3) is 3.44. The van der Waals surface area contributed by atoms with Gasteiger partial charge in [0.05, 0.1) is 18.4 Å². The number of aromatic nitrogens is 2. The molecule has 15 heavy (non-hydrogen) atoms. The lowest BCUT2D eigenvalue weighted by atomic mass is 10.4. The topological polar surface area (TPSA) is 72.9 Å². The second kappa shape index (κ2) is 5.83. The Kier molecular flexibility index (Phi) is 4.38. The SMILES string of the molecule is C#CCCn1ncc(NCCN)cc1=O. The van der Waals surface area contributed by atoms with Crippen molar-refractivity contribution < 1.29 is 0 Å². The van der Waals surface area contributed by atoms with Crippen LogP contribution in [-0.4, -0.2) is 22.9 Å². The zero-order valence-corrected chi connectivity index (χ0v) is 8.44. The molecule has 0 fully saturated rings. The first-order chi connectivity index (χ1) is 7.27. The van der Waals surface area contributed by atoms with Gasteiger partial charge in [-0.15, -0.1) is 12.3 Å². The van der Waals surface area contributed by atoms with E-state index in [1.807, 2.05) is 0 Å². The molecule has 1 rings (SSSR count). The van der Waals surface area contributed by atoms with Crippen LogP contribution in [0.2, 0.25) is 0 Å². The first-order valence-corrected chi connectivity index (χ1v) is 4.72. The number of hydrogen-bond acceptors (Lipinski definition) is 4. The molecule has 80 valence electrons. The zero-order chi connectivity index (χ0) is 11.1. The summed E-state index contributed by atoms with van der Waals surface area (Å²) in [5, 5.41) is 6.95. The molecular weight excluding hydrogens is 192 g/mol. The minimum absolute atomic E-state index is 0.160. The van der Waals surface area contributed by atoms with Crippen LogP contribution in [-0.2, 0) is 6.54 Å². The van der Waals surface area contributed by atoms with Crippen molar-refractivity contribution in [2.24, 2.45) is 5.73 Å². The summed E-state index contributed by atoms with van der Waals surface area (Å²) in [7, 11) is 0. The molecule has 1 aromatic rings. The monoisotopic (exact) mass is 206 g/mol. The minimum Gasteiger partial charge on any atom is -0.382 e. The lowest BCUT2D eigenvalue weighted by Gasteiger charge is -2.05. The molecule has 5 nitrogen and oxygen atoms in total. The Balaban J connectivity index is 2.71. The highest BCUT2D eigenvalue weighted by Gasteiger charge is 1.98. The van der Waals surface area contributed by atoms with E-state index in [9.17, 15) is 4.79 Å². The van der Waals surface area contributed by atoms with Gasteiger partial charge in [0.25, 0.3) is 5.56 Å². The highest BCUT2D eigenvalue weighted by Crippen LogP contribution is 1.98. The molecule has 0 aromatic carbocycles. The van der Waals surface area contributed by atoms with E-state index in [-0.39, 0.29) is 5.56 Å². The predicted octanol–water partition coefficient (Wildman–Crippen LogP) is -0.363. The summed E-state index contributed by atoms with van der Waals surface area (Å²) in [5.74, 6) is 2.46. The fraction of sp³-hybridized carbons (Fsp3) is 0.400. The van der Waals surface area contributed by atoms with E-state index in [4.69, 9.17) is 12.2 Å². The van der Waals surface area contributed by atoms with E-state index < -0.39 is 0 Å². The molecule has 0 spiro atoms. The number of nitrogens with two attached hydrogens (primary N) is 1. The standard InChI is InChI=1S/C10H14N4O/c1-2-3-6-14-10(15)7-9(8-13-14)12-5-4-11/h1,7-8,12H,3-6,11H2. The van der Waals surface area contributed by atoms with Crippen molar-refractivity contribution in [3.8, 4) is 12.3 Å². The van der Waals surface area contributed by atoms with Crippen LogP contribution in [0, 0.1) is 12.3 Å². The third-order valence-electron chi connectivity index (χ3n) is 1.81. The molecule has 0 aliphatic rings. The van der Waals surface area contributed by atoms with Gasteiger partial charge in [0.1, 0.15) is 0 Å². The predicted molar refractivity (Wildman–Crippen MR) is 59.5 cm³/mol. The molecule has 0 aliphatic heterocycles. The van der Waals surface area contributed by atoms with Gasteiger partial charge in [-0.05, 0) is 0 Å². The molecular formula is C10H14N4O. The fourth-order valence-corrected chi connectivity index (χ4v) is 1.09. The van der Waals surface area contributed by atoms with Gasteiger partial charge >= 0.3 is 0 Å². The normalized spacial score (nSPS) is 9.60. The lowest BCUT2D eigenvalue weighted by Crippen LogP contribution is -2.23. The van der Waals surface area contributed by atoms with E-state index in [2.05, 4.69) is 16.3 Å². The molecule has 0 unspecified atom stereocenters. The average Bonchev–Trinajstić information content (AvgIpc) is 2.25. The Morgan fingerprint density at radius 3 is 3.07 bits per heavy atom. The molecule has 0 bridgehead atoms. The van der Waals surface area contributed by atoms with Gasteiger partial charge in [-0.2, -0.15) is 5.10 Å². The molecule has 1 heterocycles. The highest BCUT2D eigenvalue weighted by atomic mass is 16.1. The van der Waals surface area contributed by atoms with E-state index >= 15 is 0 Å². The van der Waals surface area contributed by atoms with Crippen molar-refractivity contribution in [2.45, 2.75) is 13.0 Å². The molecule has 0 amide bonds. The lowest BCUT2D eigenvalue weighted by molar-refractivity contribution is 0.591. The van der Waals surface area contributed by atoms with E-state index in [0.29, 0.717) is 31.7 Å². The summed E-state index contributed by atoms with van der Waals surface area (Å²) in [6.07, 6.45) is 7.20. The van der Waals surface area contributed by atoms with Crippen LogP contribution in [0.15, 0.2) is 17.1 Å². The van der Waals surface area contributed by atoms with Crippen LogP contribution in [0.5, 0.6) is 0 Å². The average molecular weight is 206 g/mol. The zero-order valence-electron chi connectivity index (χ0n) is 8.44. The van der Waals surface area contributed by atoms with Crippen LogP contribution in [0.3, 0.4) is 0 Å². The highest BCUT2D eigenvalue weighted by molar-refractivity contribution is 5.38. The second-order valence-corrected chi connectivity index (χ2v) is 2.98. The fourth-order valence-electron chi connectivity index (χ4n) is 1.09. The van der Waals surface area contributed by atoms with Gasteiger partial charge < -0.3 is 11.1 Å². The third-order valence-corrected chi connectivity index (χ3v) is 1.81. The summed E-state index contributed by atoms with van der Waals surface area (Å²) in [6, 6.07) is 1.49. The number of terminal acetylenes is 1. The second-order valence-electron chi connectivity index (χ2n) is 2.98. The van der Waals surface area contributed by atoms with Crippen molar-refractivity contribution in [3.63, 3.8) is 0 Å².